The fourth-order valence-corrected chi connectivity index (χ4v) is 1.39. The van der Waals surface area contributed by atoms with Crippen LogP contribution >= 0.6 is 23.2 Å². The van der Waals surface area contributed by atoms with E-state index in [0.29, 0.717) is 6.42 Å². The van der Waals surface area contributed by atoms with Crippen LogP contribution < -0.4 is 5.32 Å². The van der Waals surface area contributed by atoms with E-state index >= 15 is 0 Å². The summed E-state index contributed by atoms with van der Waals surface area (Å²) < 4.78 is 8.93. The third-order valence-electron chi connectivity index (χ3n) is 1.77. The molecule has 1 aromatic heterocycles. The minimum absolute atomic E-state index is 0.0424. The molecule has 0 saturated carbocycles. The molecule has 1 N–H and O–H groups in total. The number of aromatic nitrogens is 2. The van der Waals surface area contributed by atoms with Gasteiger partial charge in [-0.3, -0.25) is 5.32 Å². The fourth-order valence-electron chi connectivity index (χ4n) is 0.968. The smallest absolute Gasteiger partial charge is 0.434 e. The first-order valence-corrected chi connectivity index (χ1v) is 6.12. The van der Waals surface area contributed by atoms with Crippen molar-refractivity contribution in [2.24, 2.45) is 0 Å². The SMILES string of the molecule is CCCCOC(=O)OC(=O)Nc1nc(Cl)cc(Cl)n1. The van der Waals surface area contributed by atoms with Crippen LogP contribution in [0.5, 0.6) is 0 Å². The highest BCUT2D eigenvalue weighted by molar-refractivity contribution is 6.33. The Morgan fingerprint density at radius 1 is 1.32 bits per heavy atom. The summed E-state index contributed by atoms with van der Waals surface area (Å²) in [4.78, 5) is 29.7. The molecule has 0 spiro atoms. The molecule has 0 aliphatic heterocycles. The van der Waals surface area contributed by atoms with Gasteiger partial charge in [-0.05, 0) is 6.42 Å². The Kier molecular flexibility index (Phi) is 6.31. The maximum Gasteiger partial charge on any atom is 0.517 e. The highest BCUT2D eigenvalue weighted by Crippen LogP contribution is 2.14. The fraction of sp³-hybridized carbons (Fsp3) is 0.400. The monoisotopic (exact) mass is 307 g/mol. The Morgan fingerprint density at radius 3 is 2.53 bits per heavy atom. The Morgan fingerprint density at radius 2 is 1.95 bits per heavy atom. The number of rotatable bonds is 4. The number of nitrogens with zero attached hydrogens (tertiary/aromatic N) is 2. The van der Waals surface area contributed by atoms with Gasteiger partial charge in [-0.15, -0.1) is 0 Å². The van der Waals surface area contributed by atoms with Gasteiger partial charge < -0.3 is 9.47 Å². The number of halogens is 2. The molecule has 1 amide bonds. The van der Waals surface area contributed by atoms with Crippen LogP contribution in [0.1, 0.15) is 19.8 Å². The topological polar surface area (TPSA) is 90.4 Å². The van der Waals surface area contributed by atoms with Gasteiger partial charge in [-0.2, -0.15) is 0 Å². The zero-order chi connectivity index (χ0) is 14.3. The van der Waals surface area contributed by atoms with Crippen LogP contribution in [0.25, 0.3) is 0 Å². The molecule has 19 heavy (non-hydrogen) atoms. The highest BCUT2D eigenvalue weighted by atomic mass is 35.5. The molecule has 1 heterocycles. The van der Waals surface area contributed by atoms with Crippen molar-refractivity contribution in [2.75, 3.05) is 11.9 Å². The first-order chi connectivity index (χ1) is 9.01. The van der Waals surface area contributed by atoms with Crippen molar-refractivity contribution < 1.29 is 19.1 Å². The zero-order valence-corrected chi connectivity index (χ0v) is 11.5. The lowest BCUT2D eigenvalue weighted by Gasteiger charge is -2.05. The molecule has 1 aromatic rings. The van der Waals surface area contributed by atoms with E-state index in [1.54, 1.807) is 0 Å². The van der Waals surface area contributed by atoms with Crippen molar-refractivity contribution >= 4 is 41.4 Å². The molecule has 0 bridgehead atoms. The van der Waals surface area contributed by atoms with Gasteiger partial charge >= 0.3 is 12.2 Å². The molecule has 9 heteroatoms. The summed E-state index contributed by atoms with van der Waals surface area (Å²) in [5, 5.41) is 2.18. The maximum absolute atomic E-state index is 11.3. The third kappa shape index (κ3) is 6.21. The number of unbranched alkanes of at least 4 members (excludes halogenated alkanes) is 1. The summed E-state index contributed by atoms with van der Waals surface area (Å²) in [6.45, 7) is 2.11. The number of carbonyl (C=O) groups is 2. The molecule has 0 unspecified atom stereocenters. The number of nitrogens with one attached hydrogen (secondary N) is 1. The van der Waals surface area contributed by atoms with Gasteiger partial charge in [-0.1, -0.05) is 36.5 Å². The molecule has 1 rings (SSSR count). The zero-order valence-electron chi connectivity index (χ0n) is 9.98. The minimum Gasteiger partial charge on any atom is -0.434 e. The van der Waals surface area contributed by atoms with Crippen LogP contribution in [0.15, 0.2) is 6.07 Å². The molecule has 0 aromatic carbocycles. The second-order valence-corrected chi connectivity index (χ2v) is 4.08. The lowest BCUT2D eigenvalue weighted by atomic mass is 10.4. The minimum atomic E-state index is -1.10. The molecule has 0 fully saturated rings. The Balaban J connectivity index is 2.44. The Hall–Kier alpha value is -1.60. The molecule has 7 nitrogen and oxygen atoms in total. The first-order valence-electron chi connectivity index (χ1n) is 5.37. The van der Waals surface area contributed by atoms with Gasteiger partial charge in [0, 0.05) is 6.07 Å². The van der Waals surface area contributed by atoms with Crippen LogP contribution in [0.3, 0.4) is 0 Å². The number of carbonyl (C=O) groups excluding carboxylic acids is 2. The molecular formula is C10H11Cl2N3O4. The summed E-state index contributed by atoms with van der Waals surface area (Å²) in [5.74, 6) is -0.177. The summed E-state index contributed by atoms with van der Waals surface area (Å²) >= 11 is 11.2. The van der Waals surface area contributed by atoms with Gasteiger partial charge in [0.05, 0.1) is 6.61 Å². The number of ether oxygens (including phenoxy) is 2. The van der Waals surface area contributed by atoms with E-state index in [2.05, 4.69) is 24.8 Å². The van der Waals surface area contributed by atoms with Crippen molar-refractivity contribution in [3.8, 4) is 0 Å². The third-order valence-corrected chi connectivity index (χ3v) is 2.16. The molecule has 0 aliphatic rings. The van der Waals surface area contributed by atoms with E-state index in [1.165, 1.54) is 6.07 Å². The number of anilines is 1. The van der Waals surface area contributed by atoms with Crippen molar-refractivity contribution in [1.82, 2.24) is 9.97 Å². The van der Waals surface area contributed by atoms with Crippen LogP contribution in [0, 0.1) is 0 Å². The van der Waals surface area contributed by atoms with E-state index in [-0.39, 0.29) is 22.9 Å². The molecule has 0 saturated heterocycles. The Labute approximate surface area is 119 Å². The van der Waals surface area contributed by atoms with Crippen LogP contribution in [0.4, 0.5) is 15.5 Å². The molecule has 0 atom stereocenters. The maximum atomic E-state index is 11.3. The molecular weight excluding hydrogens is 297 g/mol. The quantitative estimate of drug-likeness (QED) is 0.397. The van der Waals surface area contributed by atoms with E-state index in [9.17, 15) is 9.59 Å². The van der Waals surface area contributed by atoms with Crippen molar-refractivity contribution in [3.05, 3.63) is 16.4 Å². The van der Waals surface area contributed by atoms with Gasteiger partial charge in [-0.25, -0.2) is 19.6 Å². The summed E-state index contributed by atoms with van der Waals surface area (Å²) in [5.41, 5.74) is 0. The van der Waals surface area contributed by atoms with E-state index < -0.39 is 12.2 Å². The van der Waals surface area contributed by atoms with E-state index in [4.69, 9.17) is 23.2 Å². The summed E-state index contributed by atoms with van der Waals surface area (Å²) in [7, 11) is 0. The second kappa shape index (κ2) is 7.75. The lowest BCUT2D eigenvalue weighted by molar-refractivity contribution is 0.0786. The first kappa shape index (κ1) is 15.5. The average molecular weight is 308 g/mol. The van der Waals surface area contributed by atoms with Crippen molar-refractivity contribution in [1.29, 1.82) is 0 Å². The molecule has 104 valence electrons. The molecule has 0 aliphatic carbocycles. The second-order valence-electron chi connectivity index (χ2n) is 3.30. The predicted molar refractivity (Wildman–Crippen MR) is 68.4 cm³/mol. The van der Waals surface area contributed by atoms with Crippen molar-refractivity contribution in [3.63, 3.8) is 0 Å². The lowest BCUT2D eigenvalue weighted by Crippen LogP contribution is -2.20. The van der Waals surface area contributed by atoms with Crippen LogP contribution in [-0.4, -0.2) is 28.8 Å². The van der Waals surface area contributed by atoms with Gasteiger partial charge in [0.25, 0.3) is 0 Å². The largest absolute Gasteiger partial charge is 0.517 e. The van der Waals surface area contributed by atoms with Crippen molar-refractivity contribution in [2.45, 2.75) is 19.8 Å². The average Bonchev–Trinajstić information content (AvgIpc) is 2.27. The van der Waals surface area contributed by atoms with E-state index in [0.717, 1.165) is 6.42 Å². The van der Waals surface area contributed by atoms with Crippen LogP contribution in [0.2, 0.25) is 10.3 Å². The summed E-state index contributed by atoms with van der Waals surface area (Å²) in [6, 6.07) is 1.29. The normalized spacial score (nSPS) is 9.84. The number of amides is 1. The predicted octanol–water partition coefficient (Wildman–Crippen LogP) is 3.27. The van der Waals surface area contributed by atoms with Gasteiger partial charge in [0.1, 0.15) is 10.3 Å². The standard InChI is InChI=1S/C10H11Cl2N3O4/c1-2-3-4-18-10(17)19-9(16)15-8-13-6(11)5-7(12)14-8/h5H,2-4H2,1H3,(H,13,14,15,16). The highest BCUT2D eigenvalue weighted by Gasteiger charge is 2.13. The molecule has 0 radical (unpaired) electrons. The summed E-state index contributed by atoms with van der Waals surface area (Å²) in [6.07, 6.45) is -0.642. The number of hydrogen-bond donors (Lipinski definition) is 1. The Bertz CT molecular complexity index is 450. The van der Waals surface area contributed by atoms with E-state index in [1.807, 2.05) is 6.92 Å². The van der Waals surface area contributed by atoms with Crippen LogP contribution in [-0.2, 0) is 9.47 Å². The number of hydrogen-bond acceptors (Lipinski definition) is 6. The van der Waals surface area contributed by atoms with Gasteiger partial charge in [0.2, 0.25) is 5.95 Å². The van der Waals surface area contributed by atoms with Gasteiger partial charge in [0.15, 0.2) is 0 Å².